The number of hydrogen-bond donors (Lipinski definition) is 1. The number of nitrogens with one attached hydrogen (secondary N) is 1. The van der Waals surface area contributed by atoms with Crippen molar-refractivity contribution in [1.82, 2.24) is 9.62 Å². The molecule has 2 rings (SSSR count). The quantitative estimate of drug-likeness (QED) is 0.677. The van der Waals surface area contributed by atoms with Crippen LogP contribution in [0.5, 0.6) is 0 Å². The average Bonchev–Trinajstić information content (AvgIpc) is 2.59. The molecule has 1 heterocycles. The van der Waals surface area contributed by atoms with Crippen molar-refractivity contribution < 1.29 is 31.1 Å². The maximum atomic E-state index is 12.8. The van der Waals surface area contributed by atoms with E-state index in [0.29, 0.717) is 45.1 Å². The van der Waals surface area contributed by atoms with Crippen LogP contribution in [0.15, 0.2) is 0 Å². The van der Waals surface area contributed by atoms with Crippen LogP contribution < -0.4 is 4.72 Å². The van der Waals surface area contributed by atoms with E-state index in [-0.39, 0.29) is 31.5 Å². The number of amides is 1. The van der Waals surface area contributed by atoms with Crippen LogP contribution in [0.2, 0.25) is 0 Å². The lowest BCUT2D eigenvalue weighted by atomic mass is 9.87. The lowest BCUT2D eigenvalue weighted by Gasteiger charge is -2.42. The number of hydrogen-bond acceptors (Lipinski definition) is 4. The summed E-state index contributed by atoms with van der Waals surface area (Å²) in [6.07, 6.45) is -0.291. The van der Waals surface area contributed by atoms with Gasteiger partial charge in [-0.25, -0.2) is 13.1 Å². The molecule has 0 aromatic heterocycles. The van der Waals surface area contributed by atoms with Crippen molar-refractivity contribution in [2.45, 2.75) is 82.7 Å². The molecule has 1 aliphatic carbocycles. The Hall–Kier alpha value is -0.870. The minimum atomic E-state index is -4.16. The molecule has 6 nitrogen and oxygen atoms in total. The number of alkyl halides is 3. The predicted molar refractivity (Wildman–Crippen MR) is 99.2 cm³/mol. The van der Waals surface area contributed by atoms with Gasteiger partial charge in [-0.3, -0.25) is 4.79 Å². The summed E-state index contributed by atoms with van der Waals surface area (Å²) in [5.74, 6) is -1.32. The van der Waals surface area contributed by atoms with Crippen molar-refractivity contribution in [3.05, 3.63) is 0 Å². The normalized spacial score (nSPS) is 29.7. The Morgan fingerprint density at radius 1 is 1.18 bits per heavy atom. The molecular weight excluding hydrogens is 397 g/mol. The maximum absolute atomic E-state index is 12.8. The lowest BCUT2D eigenvalue weighted by molar-refractivity contribution is -0.188. The number of halogens is 3. The Balaban J connectivity index is 2.00. The Labute approximate surface area is 165 Å². The molecule has 10 heteroatoms. The first-order valence-corrected chi connectivity index (χ1v) is 11.9. The zero-order chi connectivity index (χ0) is 20.9. The minimum absolute atomic E-state index is 0.0440. The molecule has 0 aromatic carbocycles. The monoisotopic (exact) mass is 428 g/mol. The number of carbonyl (C=O) groups excluding carboxylic acids is 1. The van der Waals surface area contributed by atoms with Gasteiger partial charge < -0.3 is 9.64 Å². The van der Waals surface area contributed by atoms with Crippen LogP contribution in [0.25, 0.3) is 0 Å². The predicted octanol–water partition coefficient (Wildman–Crippen LogP) is 2.83. The smallest absolute Gasteiger partial charge is 0.376 e. The topological polar surface area (TPSA) is 75.7 Å². The fourth-order valence-electron chi connectivity index (χ4n) is 4.13. The number of sulfonamides is 1. The molecule has 0 radical (unpaired) electrons. The van der Waals surface area contributed by atoms with E-state index in [1.165, 1.54) is 0 Å². The van der Waals surface area contributed by atoms with Crippen molar-refractivity contribution in [3.63, 3.8) is 0 Å². The van der Waals surface area contributed by atoms with Gasteiger partial charge in [-0.15, -0.1) is 0 Å². The summed E-state index contributed by atoms with van der Waals surface area (Å²) < 4.78 is 70.4. The third-order valence-corrected chi connectivity index (χ3v) is 6.30. The molecule has 1 saturated carbocycles. The fourth-order valence-corrected chi connectivity index (χ4v) is 4.96. The Morgan fingerprint density at radius 3 is 2.36 bits per heavy atom. The van der Waals surface area contributed by atoms with Crippen LogP contribution in [-0.2, 0) is 19.6 Å². The van der Waals surface area contributed by atoms with Crippen LogP contribution in [0.4, 0.5) is 13.2 Å². The molecule has 0 spiro atoms. The molecule has 1 aliphatic heterocycles. The number of nitrogens with zero attached hydrogens (tertiary/aromatic N) is 1. The molecule has 1 amide bonds. The van der Waals surface area contributed by atoms with Gasteiger partial charge in [-0.1, -0.05) is 6.92 Å². The molecule has 2 aliphatic rings. The molecule has 28 heavy (non-hydrogen) atoms. The summed E-state index contributed by atoms with van der Waals surface area (Å²) in [5, 5.41) is 0. The van der Waals surface area contributed by atoms with E-state index in [1.807, 2.05) is 6.92 Å². The largest absolute Gasteiger partial charge is 0.391 e. The van der Waals surface area contributed by atoms with Gasteiger partial charge in [0.05, 0.1) is 30.9 Å². The summed E-state index contributed by atoms with van der Waals surface area (Å²) in [6.45, 7) is 2.57. The molecule has 164 valence electrons. The highest BCUT2D eigenvalue weighted by Crippen LogP contribution is 2.38. The van der Waals surface area contributed by atoms with Gasteiger partial charge in [0, 0.05) is 19.0 Å². The average molecular weight is 429 g/mol. The summed E-state index contributed by atoms with van der Waals surface area (Å²) in [6, 6.07) is -0.890. The highest BCUT2D eigenvalue weighted by Gasteiger charge is 2.42. The lowest BCUT2D eigenvalue weighted by Crippen LogP contribution is -2.59. The van der Waals surface area contributed by atoms with E-state index in [9.17, 15) is 26.4 Å². The number of carbonyl (C=O) groups is 1. The SMILES string of the molecule is CCCC(=O)N1CCC[C@H](NS(C)(=O)=O)[C@@H]1COC1CCC(C(F)(F)F)CC1. The van der Waals surface area contributed by atoms with Crippen LogP contribution in [-0.4, -0.2) is 63.0 Å². The second-order valence-corrected chi connectivity index (χ2v) is 9.67. The fraction of sp³-hybridized carbons (Fsp3) is 0.944. The first kappa shape index (κ1) is 23.4. The van der Waals surface area contributed by atoms with Gasteiger partial charge in [0.25, 0.3) is 0 Å². The second-order valence-electron chi connectivity index (χ2n) is 7.89. The van der Waals surface area contributed by atoms with Crippen molar-refractivity contribution in [2.75, 3.05) is 19.4 Å². The van der Waals surface area contributed by atoms with E-state index in [4.69, 9.17) is 4.74 Å². The number of rotatable bonds is 7. The second kappa shape index (κ2) is 9.75. The third kappa shape index (κ3) is 6.88. The molecule has 0 aromatic rings. The highest BCUT2D eigenvalue weighted by atomic mass is 32.2. The van der Waals surface area contributed by atoms with Crippen LogP contribution >= 0.6 is 0 Å². The summed E-state index contributed by atoms with van der Waals surface area (Å²) in [7, 11) is -3.45. The molecule has 0 bridgehead atoms. The molecule has 2 fully saturated rings. The van der Waals surface area contributed by atoms with Crippen LogP contribution in [0.3, 0.4) is 0 Å². The van der Waals surface area contributed by atoms with E-state index in [2.05, 4.69) is 4.72 Å². The summed E-state index contributed by atoms with van der Waals surface area (Å²) in [5.41, 5.74) is 0. The first-order chi connectivity index (χ1) is 13.0. The van der Waals surface area contributed by atoms with Gasteiger partial charge in [0.15, 0.2) is 0 Å². The number of likely N-dealkylation sites (tertiary alicyclic amines) is 1. The molecule has 0 unspecified atom stereocenters. The summed E-state index contributed by atoms with van der Waals surface area (Å²) >= 11 is 0. The number of ether oxygens (including phenoxy) is 1. The van der Waals surface area contributed by atoms with E-state index in [1.54, 1.807) is 4.90 Å². The van der Waals surface area contributed by atoms with Gasteiger partial charge in [0.2, 0.25) is 15.9 Å². The van der Waals surface area contributed by atoms with Gasteiger partial charge >= 0.3 is 6.18 Å². The van der Waals surface area contributed by atoms with Crippen LogP contribution in [0, 0.1) is 5.92 Å². The molecular formula is C18H31F3N2O4S. The molecule has 1 N–H and O–H groups in total. The Morgan fingerprint density at radius 2 is 1.82 bits per heavy atom. The molecule has 1 saturated heterocycles. The maximum Gasteiger partial charge on any atom is 0.391 e. The highest BCUT2D eigenvalue weighted by molar-refractivity contribution is 7.88. The summed E-state index contributed by atoms with van der Waals surface area (Å²) in [4.78, 5) is 14.2. The molecule has 2 atom stereocenters. The zero-order valence-corrected chi connectivity index (χ0v) is 17.3. The van der Waals surface area contributed by atoms with Crippen LogP contribution in [0.1, 0.15) is 58.3 Å². The van der Waals surface area contributed by atoms with Gasteiger partial charge in [-0.05, 0) is 44.9 Å². The van der Waals surface area contributed by atoms with E-state index in [0.717, 1.165) is 6.26 Å². The number of piperidine rings is 1. The van der Waals surface area contributed by atoms with Gasteiger partial charge in [0.1, 0.15) is 0 Å². The zero-order valence-electron chi connectivity index (χ0n) is 16.5. The van der Waals surface area contributed by atoms with Crippen molar-refractivity contribution in [2.24, 2.45) is 5.92 Å². The van der Waals surface area contributed by atoms with Crippen molar-refractivity contribution in [1.29, 1.82) is 0 Å². The van der Waals surface area contributed by atoms with Crippen molar-refractivity contribution >= 4 is 15.9 Å². The first-order valence-electron chi connectivity index (χ1n) is 9.96. The Bertz CT molecular complexity index is 619. The minimum Gasteiger partial charge on any atom is -0.376 e. The Kier molecular flexibility index (Phi) is 8.16. The van der Waals surface area contributed by atoms with Crippen molar-refractivity contribution in [3.8, 4) is 0 Å². The third-order valence-electron chi connectivity index (χ3n) is 5.57. The van der Waals surface area contributed by atoms with E-state index < -0.39 is 34.2 Å². The van der Waals surface area contributed by atoms with E-state index >= 15 is 0 Å². The van der Waals surface area contributed by atoms with Gasteiger partial charge in [-0.2, -0.15) is 13.2 Å². The standard InChI is InChI=1S/C18H31F3N2O4S/c1-3-5-17(24)23-11-4-6-15(22-28(2,25)26)16(23)12-27-14-9-7-13(8-10-14)18(19,20)21/h13-16,22H,3-12H2,1-2H3/t13?,14?,15-,16-/m0/s1.